The fraction of sp³-hybridized carbons (Fsp3) is 0.750. The number of nitrogens with zero attached hydrogens (tertiary/aromatic N) is 1. The molecule has 2 N–H and O–H groups in total. The van der Waals surface area contributed by atoms with E-state index in [1.807, 2.05) is 13.8 Å². The second-order valence-corrected chi connectivity index (χ2v) is 4.41. The van der Waals surface area contributed by atoms with Gasteiger partial charge in [0.2, 0.25) is 11.8 Å². The summed E-state index contributed by atoms with van der Waals surface area (Å²) in [6.07, 6.45) is 2.27. The van der Waals surface area contributed by atoms with Crippen LogP contribution in [0.15, 0.2) is 0 Å². The van der Waals surface area contributed by atoms with Gasteiger partial charge in [-0.05, 0) is 19.3 Å². The second kappa shape index (κ2) is 5.67. The SMILES string of the molecule is CCC(C#N)(CC)C(=O)NCC1CCC(=O)N1. The lowest BCUT2D eigenvalue weighted by Crippen LogP contribution is -2.45. The zero-order chi connectivity index (χ0) is 12.9. The average Bonchev–Trinajstić information content (AvgIpc) is 2.75. The Kier molecular flexibility index (Phi) is 4.50. The molecular weight excluding hydrogens is 218 g/mol. The highest BCUT2D eigenvalue weighted by Crippen LogP contribution is 2.25. The Morgan fingerprint density at radius 1 is 1.59 bits per heavy atom. The molecule has 5 nitrogen and oxygen atoms in total. The fourth-order valence-electron chi connectivity index (χ4n) is 2.00. The minimum absolute atomic E-state index is 0.0107. The van der Waals surface area contributed by atoms with Crippen molar-refractivity contribution in [1.82, 2.24) is 10.6 Å². The third-order valence-electron chi connectivity index (χ3n) is 3.45. The van der Waals surface area contributed by atoms with E-state index in [2.05, 4.69) is 16.7 Å². The van der Waals surface area contributed by atoms with Crippen LogP contribution in [0, 0.1) is 16.7 Å². The molecule has 0 bridgehead atoms. The minimum atomic E-state index is -0.928. The molecule has 1 rings (SSSR count). The lowest BCUT2D eigenvalue weighted by molar-refractivity contribution is -0.128. The van der Waals surface area contributed by atoms with Crippen LogP contribution in [0.5, 0.6) is 0 Å². The molecular formula is C12H19N3O2. The number of amides is 2. The maximum absolute atomic E-state index is 12.0. The molecule has 0 aliphatic carbocycles. The molecule has 2 amide bonds. The molecule has 0 aromatic heterocycles. The second-order valence-electron chi connectivity index (χ2n) is 4.41. The van der Waals surface area contributed by atoms with Gasteiger partial charge in [-0.15, -0.1) is 0 Å². The Morgan fingerprint density at radius 3 is 2.65 bits per heavy atom. The summed E-state index contributed by atoms with van der Waals surface area (Å²) in [6.45, 7) is 4.08. The summed E-state index contributed by atoms with van der Waals surface area (Å²) in [4.78, 5) is 22.9. The van der Waals surface area contributed by atoms with Crippen molar-refractivity contribution in [1.29, 1.82) is 5.26 Å². The van der Waals surface area contributed by atoms with E-state index in [9.17, 15) is 9.59 Å². The molecule has 1 atom stereocenters. The fourth-order valence-corrected chi connectivity index (χ4v) is 2.00. The van der Waals surface area contributed by atoms with Crippen LogP contribution in [0.2, 0.25) is 0 Å². The molecule has 5 heteroatoms. The van der Waals surface area contributed by atoms with E-state index in [4.69, 9.17) is 5.26 Å². The van der Waals surface area contributed by atoms with Crippen LogP contribution in [-0.2, 0) is 9.59 Å². The third kappa shape index (κ3) is 2.96. The van der Waals surface area contributed by atoms with E-state index in [1.54, 1.807) is 0 Å². The summed E-state index contributed by atoms with van der Waals surface area (Å²) >= 11 is 0. The molecule has 0 aromatic carbocycles. The van der Waals surface area contributed by atoms with Crippen LogP contribution in [0.1, 0.15) is 39.5 Å². The largest absolute Gasteiger partial charge is 0.353 e. The number of nitrogens with one attached hydrogen (secondary N) is 2. The molecule has 1 heterocycles. The van der Waals surface area contributed by atoms with Gasteiger partial charge in [0.25, 0.3) is 0 Å². The Labute approximate surface area is 102 Å². The topological polar surface area (TPSA) is 82.0 Å². The highest BCUT2D eigenvalue weighted by atomic mass is 16.2. The summed E-state index contributed by atoms with van der Waals surface area (Å²) < 4.78 is 0. The molecule has 17 heavy (non-hydrogen) atoms. The standard InChI is InChI=1S/C12H19N3O2/c1-3-12(4-2,8-13)11(17)14-7-9-5-6-10(16)15-9/h9H,3-7H2,1-2H3,(H,14,17)(H,15,16). The van der Waals surface area contributed by atoms with Crippen LogP contribution < -0.4 is 10.6 Å². The van der Waals surface area contributed by atoms with Gasteiger partial charge in [-0.25, -0.2) is 0 Å². The predicted octanol–water partition coefficient (Wildman–Crippen LogP) is 0.711. The Balaban J connectivity index is 2.49. The third-order valence-corrected chi connectivity index (χ3v) is 3.45. The van der Waals surface area contributed by atoms with Gasteiger partial charge in [0, 0.05) is 19.0 Å². The van der Waals surface area contributed by atoms with Gasteiger partial charge in [-0.3, -0.25) is 9.59 Å². The first-order valence-electron chi connectivity index (χ1n) is 6.07. The Morgan fingerprint density at radius 2 is 2.24 bits per heavy atom. The van der Waals surface area contributed by atoms with E-state index in [0.29, 0.717) is 25.8 Å². The number of hydrogen-bond donors (Lipinski definition) is 2. The van der Waals surface area contributed by atoms with Gasteiger partial charge in [0.1, 0.15) is 5.41 Å². The van der Waals surface area contributed by atoms with Crippen LogP contribution >= 0.6 is 0 Å². The highest BCUT2D eigenvalue weighted by Gasteiger charge is 2.35. The number of carbonyl (C=O) groups is 2. The zero-order valence-corrected chi connectivity index (χ0v) is 10.4. The van der Waals surface area contributed by atoms with Crippen LogP contribution in [0.4, 0.5) is 0 Å². The van der Waals surface area contributed by atoms with Gasteiger partial charge in [-0.1, -0.05) is 13.8 Å². The Bertz CT molecular complexity index is 342. The van der Waals surface area contributed by atoms with Crippen LogP contribution in [0.3, 0.4) is 0 Å². The van der Waals surface area contributed by atoms with E-state index in [-0.39, 0.29) is 17.9 Å². The maximum Gasteiger partial charge on any atom is 0.240 e. The van der Waals surface area contributed by atoms with E-state index < -0.39 is 5.41 Å². The summed E-state index contributed by atoms with van der Waals surface area (Å²) in [7, 11) is 0. The van der Waals surface area contributed by atoms with Crippen LogP contribution in [-0.4, -0.2) is 24.4 Å². The lowest BCUT2D eigenvalue weighted by atomic mass is 9.83. The summed E-state index contributed by atoms with van der Waals surface area (Å²) in [5.74, 6) is -0.201. The highest BCUT2D eigenvalue weighted by molar-refractivity contribution is 5.85. The summed E-state index contributed by atoms with van der Waals surface area (Å²) in [6, 6.07) is 2.11. The van der Waals surface area contributed by atoms with Gasteiger partial charge in [0.15, 0.2) is 0 Å². The average molecular weight is 237 g/mol. The maximum atomic E-state index is 12.0. The number of hydrogen-bond acceptors (Lipinski definition) is 3. The quantitative estimate of drug-likeness (QED) is 0.738. The molecule has 0 spiro atoms. The van der Waals surface area contributed by atoms with E-state index >= 15 is 0 Å². The number of rotatable bonds is 5. The normalized spacial score (nSPS) is 19.6. The summed E-state index contributed by atoms with van der Waals surface area (Å²) in [5.41, 5.74) is -0.928. The molecule has 94 valence electrons. The smallest absolute Gasteiger partial charge is 0.240 e. The number of nitriles is 1. The zero-order valence-electron chi connectivity index (χ0n) is 10.4. The van der Waals surface area contributed by atoms with Crippen molar-refractivity contribution in [3.8, 4) is 6.07 Å². The molecule has 1 aliphatic rings. The van der Waals surface area contributed by atoms with E-state index in [0.717, 1.165) is 6.42 Å². The van der Waals surface area contributed by atoms with Crippen molar-refractivity contribution < 1.29 is 9.59 Å². The number of carbonyl (C=O) groups excluding carboxylic acids is 2. The molecule has 1 fully saturated rings. The van der Waals surface area contributed by atoms with Crippen molar-refractivity contribution >= 4 is 11.8 Å². The predicted molar refractivity (Wildman–Crippen MR) is 62.8 cm³/mol. The molecule has 1 unspecified atom stereocenters. The van der Waals surface area contributed by atoms with Gasteiger partial charge >= 0.3 is 0 Å². The van der Waals surface area contributed by atoms with Crippen LogP contribution in [0.25, 0.3) is 0 Å². The lowest BCUT2D eigenvalue weighted by Gasteiger charge is -2.23. The van der Waals surface area contributed by atoms with Gasteiger partial charge < -0.3 is 10.6 Å². The van der Waals surface area contributed by atoms with Crippen molar-refractivity contribution in [3.05, 3.63) is 0 Å². The first kappa shape index (κ1) is 13.5. The van der Waals surface area contributed by atoms with Crippen molar-refractivity contribution in [2.45, 2.75) is 45.6 Å². The Hall–Kier alpha value is -1.57. The van der Waals surface area contributed by atoms with Crippen molar-refractivity contribution in [2.24, 2.45) is 5.41 Å². The molecule has 0 saturated carbocycles. The van der Waals surface area contributed by atoms with E-state index in [1.165, 1.54) is 0 Å². The molecule has 0 radical (unpaired) electrons. The molecule has 0 aromatic rings. The molecule has 1 saturated heterocycles. The first-order chi connectivity index (χ1) is 8.07. The minimum Gasteiger partial charge on any atom is -0.353 e. The monoisotopic (exact) mass is 237 g/mol. The molecule has 1 aliphatic heterocycles. The van der Waals surface area contributed by atoms with Gasteiger partial charge in [-0.2, -0.15) is 5.26 Å². The summed E-state index contributed by atoms with van der Waals surface area (Å²) in [5, 5.41) is 14.6. The van der Waals surface area contributed by atoms with Crippen molar-refractivity contribution in [2.75, 3.05) is 6.54 Å². The first-order valence-corrected chi connectivity index (χ1v) is 6.07. The van der Waals surface area contributed by atoms with Gasteiger partial charge in [0.05, 0.1) is 6.07 Å². The van der Waals surface area contributed by atoms with Crippen molar-refractivity contribution in [3.63, 3.8) is 0 Å².